The number of nitrogens with zero attached hydrogens (tertiary/aromatic N) is 3. The fourth-order valence-electron chi connectivity index (χ4n) is 2.88. The molecule has 0 amide bonds. The highest BCUT2D eigenvalue weighted by atomic mass is 16.4. The largest absolute Gasteiger partial charge is 0.424 e. The summed E-state index contributed by atoms with van der Waals surface area (Å²) in [6.07, 6.45) is 1.69. The van der Waals surface area contributed by atoms with E-state index in [0.717, 1.165) is 37.4 Å². The summed E-state index contributed by atoms with van der Waals surface area (Å²) in [6, 6.07) is 8.72. The third kappa shape index (κ3) is 2.90. The number of fused-ring (bicyclic) bond motifs is 1. The molecule has 1 aliphatic heterocycles. The van der Waals surface area contributed by atoms with Gasteiger partial charge in [-0.05, 0) is 24.5 Å². The highest BCUT2D eigenvalue weighted by Gasteiger charge is 2.30. The van der Waals surface area contributed by atoms with Gasteiger partial charge < -0.3 is 4.42 Å². The van der Waals surface area contributed by atoms with Crippen LogP contribution < -0.4 is 0 Å². The first-order chi connectivity index (χ1) is 10.2. The molecule has 1 aromatic heterocycles. The monoisotopic (exact) mass is 283 g/mol. The molecule has 2 heterocycles. The zero-order valence-electron chi connectivity index (χ0n) is 12.7. The Morgan fingerprint density at radius 3 is 2.76 bits per heavy atom. The average Bonchev–Trinajstić information content (AvgIpc) is 2.94. The van der Waals surface area contributed by atoms with Gasteiger partial charge in [0.1, 0.15) is 0 Å². The van der Waals surface area contributed by atoms with Gasteiger partial charge in [-0.2, -0.15) is 0 Å². The van der Waals surface area contributed by atoms with Crippen LogP contribution in [0.4, 0.5) is 0 Å². The average molecular weight is 283 g/mol. The van der Waals surface area contributed by atoms with Crippen molar-refractivity contribution in [1.82, 2.24) is 15.1 Å². The van der Waals surface area contributed by atoms with Gasteiger partial charge in [0, 0.05) is 19.5 Å². The Morgan fingerprint density at radius 2 is 2.10 bits per heavy atom. The molecule has 0 saturated carbocycles. The molecule has 0 saturated heterocycles. The predicted octanol–water partition coefficient (Wildman–Crippen LogP) is 3.31. The summed E-state index contributed by atoms with van der Waals surface area (Å²) in [4.78, 5) is 2.37. The Morgan fingerprint density at radius 1 is 1.33 bits per heavy atom. The SMILES string of the molecule is C=C(C)CN1Cc2ccccc2CC1c1nnc(CC)o1. The minimum atomic E-state index is 0.143. The summed E-state index contributed by atoms with van der Waals surface area (Å²) in [5, 5.41) is 8.37. The van der Waals surface area contributed by atoms with Crippen LogP contribution >= 0.6 is 0 Å². The van der Waals surface area contributed by atoms with Gasteiger partial charge >= 0.3 is 0 Å². The Balaban J connectivity index is 1.93. The molecule has 0 radical (unpaired) electrons. The van der Waals surface area contributed by atoms with Gasteiger partial charge in [0.15, 0.2) is 0 Å². The minimum absolute atomic E-state index is 0.143. The number of aryl methyl sites for hydroxylation is 1. The van der Waals surface area contributed by atoms with Crippen molar-refractivity contribution in [3.05, 3.63) is 59.3 Å². The second kappa shape index (κ2) is 5.82. The van der Waals surface area contributed by atoms with Crippen molar-refractivity contribution in [1.29, 1.82) is 0 Å². The summed E-state index contributed by atoms with van der Waals surface area (Å²) in [7, 11) is 0. The maximum absolute atomic E-state index is 5.81. The maximum Gasteiger partial charge on any atom is 0.233 e. The van der Waals surface area contributed by atoms with Crippen LogP contribution in [0.3, 0.4) is 0 Å². The minimum Gasteiger partial charge on any atom is -0.424 e. The first-order valence-electron chi connectivity index (χ1n) is 7.45. The molecule has 0 N–H and O–H groups in total. The van der Waals surface area contributed by atoms with Gasteiger partial charge in [0.2, 0.25) is 11.8 Å². The van der Waals surface area contributed by atoms with E-state index in [0.29, 0.717) is 5.89 Å². The Labute approximate surface area is 125 Å². The van der Waals surface area contributed by atoms with Crippen LogP contribution in [-0.4, -0.2) is 21.6 Å². The molecule has 21 heavy (non-hydrogen) atoms. The quantitative estimate of drug-likeness (QED) is 0.807. The summed E-state index contributed by atoms with van der Waals surface area (Å²) < 4.78 is 5.81. The molecule has 2 aromatic rings. The molecule has 0 bridgehead atoms. The van der Waals surface area contributed by atoms with E-state index < -0.39 is 0 Å². The van der Waals surface area contributed by atoms with Crippen LogP contribution in [0.1, 0.15) is 42.8 Å². The van der Waals surface area contributed by atoms with Crippen LogP contribution in [0.2, 0.25) is 0 Å². The van der Waals surface area contributed by atoms with Crippen molar-refractivity contribution in [3.8, 4) is 0 Å². The number of benzene rings is 1. The van der Waals surface area contributed by atoms with E-state index in [1.54, 1.807) is 0 Å². The standard InChI is InChI=1S/C17H21N3O/c1-4-16-18-19-17(21-16)15-9-13-7-5-6-8-14(13)11-20(15)10-12(2)3/h5-8,15H,2,4,9-11H2,1,3H3. The predicted molar refractivity (Wildman–Crippen MR) is 81.8 cm³/mol. The Hall–Kier alpha value is -1.94. The second-order valence-electron chi connectivity index (χ2n) is 5.74. The molecular weight excluding hydrogens is 262 g/mol. The zero-order chi connectivity index (χ0) is 14.8. The van der Waals surface area contributed by atoms with Crippen molar-refractivity contribution in [3.63, 3.8) is 0 Å². The fraction of sp³-hybridized carbons (Fsp3) is 0.412. The van der Waals surface area contributed by atoms with Gasteiger partial charge in [-0.15, -0.1) is 10.2 Å². The Kier molecular flexibility index (Phi) is 3.88. The number of hydrogen-bond donors (Lipinski definition) is 0. The van der Waals surface area contributed by atoms with Gasteiger partial charge in [0.05, 0.1) is 6.04 Å². The molecule has 3 rings (SSSR count). The Bertz CT molecular complexity index is 647. The lowest BCUT2D eigenvalue weighted by molar-refractivity contribution is 0.159. The highest BCUT2D eigenvalue weighted by Crippen LogP contribution is 2.32. The molecule has 4 nitrogen and oxygen atoms in total. The lowest BCUT2D eigenvalue weighted by atomic mass is 9.93. The molecule has 110 valence electrons. The molecule has 1 aliphatic rings. The molecule has 4 heteroatoms. The van der Waals surface area contributed by atoms with E-state index in [1.807, 2.05) is 6.92 Å². The van der Waals surface area contributed by atoms with Gasteiger partial charge in [0.25, 0.3) is 0 Å². The molecule has 1 atom stereocenters. The van der Waals surface area contributed by atoms with E-state index in [4.69, 9.17) is 4.42 Å². The molecular formula is C17H21N3O. The van der Waals surface area contributed by atoms with Crippen LogP contribution in [0.5, 0.6) is 0 Å². The third-order valence-electron chi connectivity index (χ3n) is 3.89. The summed E-state index contributed by atoms with van der Waals surface area (Å²) in [5.41, 5.74) is 3.90. The van der Waals surface area contributed by atoms with Crippen LogP contribution in [0.15, 0.2) is 40.8 Å². The molecule has 0 fully saturated rings. The van der Waals surface area contributed by atoms with E-state index in [9.17, 15) is 0 Å². The second-order valence-corrected chi connectivity index (χ2v) is 5.74. The van der Waals surface area contributed by atoms with Gasteiger partial charge in [-0.1, -0.05) is 43.3 Å². The summed E-state index contributed by atoms with van der Waals surface area (Å²) in [5.74, 6) is 1.43. The van der Waals surface area contributed by atoms with E-state index in [-0.39, 0.29) is 6.04 Å². The van der Waals surface area contributed by atoms with E-state index in [1.165, 1.54) is 11.1 Å². The van der Waals surface area contributed by atoms with Crippen molar-refractivity contribution >= 4 is 0 Å². The molecule has 0 spiro atoms. The van der Waals surface area contributed by atoms with Crippen LogP contribution in [0, 0.1) is 0 Å². The molecule has 1 unspecified atom stereocenters. The van der Waals surface area contributed by atoms with Crippen molar-refractivity contribution in [2.75, 3.05) is 6.54 Å². The zero-order valence-corrected chi connectivity index (χ0v) is 12.7. The first kappa shape index (κ1) is 14.0. The third-order valence-corrected chi connectivity index (χ3v) is 3.89. The topological polar surface area (TPSA) is 42.2 Å². The van der Waals surface area contributed by atoms with Crippen molar-refractivity contribution in [2.24, 2.45) is 0 Å². The van der Waals surface area contributed by atoms with Crippen LogP contribution in [-0.2, 0) is 19.4 Å². The maximum atomic E-state index is 5.81. The summed E-state index contributed by atoms with van der Waals surface area (Å²) >= 11 is 0. The van der Waals surface area contributed by atoms with E-state index >= 15 is 0 Å². The normalized spacial score (nSPS) is 18.5. The molecule has 1 aromatic carbocycles. The number of aromatic nitrogens is 2. The lowest BCUT2D eigenvalue weighted by Gasteiger charge is -2.35. The van der Waals surface area contributed by atoms with Crippen LogP contribution in [0.25, 0.3) is 0 Å². The molecule has 0 aliphatic carbocycles. The van der Waals surface area contributed by atoms with Gasteiger partial charge in [-0.25, -0.2) is 0 Å². The van der Waals surface area contributed by atoms with Crippen molar-refractivity contribution in [2.45, 2.75) is 39.3 Å². The lowest BCUT2D eigenvalue weighted by Crippen LogP contribution is -2.35. The highest BCUT2D eigenvalue weighted by molar-refractivity contribution is 5.31. The van der Waals surface area contributed by atoms with E-state index in [2.05, 4.69) is 52.9 Å². The smallest absolute Gasteiger partial charge is 0.233 e. The first-order valence-corrected chi connectivity index (χ1v) is 7.45. The van der Waals surface area contributed by atoms with Gasteiger partial charge in [-0.3, -0.25) is 4.90 Å². The number of rotatable bonds is 4. The number of hydrogen-bond acceptors (Lipinski definition) is 4. The summed E-state index contributed by atoms with van der Waals surface area (Å²) in [6.45, 7) is 9.88. The fourth-order valence-corrected chi connectivity index (χ4v) is 2.88. The van der Waals surface area contributed by atoms with Crippen molar-refractivity contribution < 1.29 is 4.42 Å².